The van der Waals surface area contributed by atoms with Gasteiger partial charge < -0.3 is 10.1 Å². The first-order valence-corrected chi connectivity index (χ1v) is 10.5. The first-order valence-electron chi connectivity index (χ1n) is 9.67. The Labute approximate surface area is 180 Å². The Morgan fingerprint density at radius 1 is 1.00 bits per heavy atom. The number of amides is 1. The minimum atomic E-state index is -0.0556. The summed E-state index contributed by atoms with van der Waals surface area (Å²) >= 11 is 1.61. The normalized spacial score (nSPS) is 10.6. The van der Waals surface area contributed by atoms with Crippen molar-refractivity contribution in [3.8, 4) is 27.6 Å². The summed E-state index contributed by atoms with van der Waals surface area (Å²) in [5.74, 6) is 0.768. The topological polar surface area (TPSA) is 51.2 Å². The van der Waals surface area contributed by atoms with Crippen LogP contribution >= 0.6 is 11.3 Å². The number of methoxy groups -OCH3 is 1. The minimum Gasteiger partial charge on any atom is -0.496 e. The van der Waals surface area contributed by atoms with Gasteiger partial charge in [-0.05, 0) is 36.2 Å². The van der Waals surface area contributed by atoms with E-state index in [9.17, 15) is 4.79 Å². The van der Waals surface area contributed by atoms with Crippen molar-refractivity contribution in [1.82, 2.24) is 4.98 Å². The second kappa shape index (κ2) is 8.93. The van der Waals surface area contributed by atoms with Crippen molar-refractivity contribution in [3.05, 3.63) is 89.3 Å². The number of rotatable bonds is 6. The Balaban J connectivity index is 1.47. The Hall–Kier alpha value is -3.44. The Morgan fingerprint density at radius 2 is 1.80 bits per heavy atom. The fourth-order valence-corrected chi connectivity index (χ4v) is 4.15. The van der Waals surface area contributed by atoms with Gasteiger partial charge in [-0.25, -0.2) is 4.98 Å². The number of benzene rings is 3. The van der Waals surface area contributed by atoms with Crippen molar-refractivity contribution in [2.45, 2.75) is 13.3 Å². The van der Waals surface area contributed by atoms with Gasteiger partial charge in [0, 0.05) is 22.2 Å². The van der Waals surface area contributed by atoms with Gasteiger partial charge in [0.25, 0.3) is 0 Å². The van der Waals surface area contributed by atoms with Gasteiger partial charge in [0.15, 0.2) is 0 Å². The Kier molecular flexibility index (Phi) is 5.91. The molecule has 1 amide bonds. The molecule has 0 spiro atoms. The van der Waals surface area contributed by atoms with Gasteiger partial charge in [-0.2, -0.15) is 0 Å². The zero-order chi connectivity index (χ0) is 20.9. The van der Waals surface area contributed by atoms with Crippen LogP contribution in [0.5, 0.6) is 5.75 Å². The average molecular weight is 415 g/mol. The van der Waals surface area contributed by atoms with Crippen molar-refractivity contribution >= 4 is 22.9 Å². The molecule has 0 radical (unpaired) electrons. The molecule has 1 heterocycles. The van der Waals surface area contributed by atoms with Crippen LogP contribution in [0.4, 0.5) is 5.69 Å². The van der Waals surface area contributed by atoms with E-state index in [1.54, 1.807) is 18.4 Å². The molecule has 0 unspecified atom stereocenters. The van der Waals surface area contributed by atoms with Crippen molar-refractivity contribution < 1.29 is 9.53 Å². The lowest BCUT2D eigenvalue weighted by atomic mass is 10.1. The van der Waals surface area contributed by atoms with Crippen LogP contribution in [-0.4, -0.2) is 18.0 Å². The molecule has 0 bridgehead atoms. The summed E-state index contributed by atoms with van der Waals surface area (Å²) in [5.41, 5.74) is 5.72. The molecule has 0 atom stereocenters. The van der Waals surface area contributed by atoms with Gasteiger partial charge >= 0.3 is 0 Å². The number of aryl methyl sites for hydroxylation is 1. The van der Waals surface area contributed by atoms with Gasteiger partial charge in [-0.1, -0.05) is 54.6 Å². The molecule has 0 aliphatic carbocycles. The molecule has 0 fully saturated rings. The molecular formula is C25H22N2O2S. The maximum absolute atomic E-state index is 12.5. The van der Waals surface area contributed by atoms with Gasteiger partial charge in [0.1, 0.15) is 10.8 Å². The van der Waals surface area contributed by atoms with Gasteiger partial charge in [-0.15, -0.1) is 11.3 Å². The van der Waals surface area contributed by atoms with E-state index in [1.807, 2.05) is 73.0 Å². The largest absolute Gasteiger partial charge is 0.496 e. The van der Waals surface area contributed by atoms with Crippen molar-refractivity contribution in [3.63, 3.8) is 0 Å². The highest BCUT2D eigenvalue weighted by Crippen LogP contribution is 2.30. The molecule has 1 aromatic heterocycles. The summed E-state index contributed by atoms with van der Waals surface area (Å²) in [6.45, 7) is 1.97. The standard InChI is InChI=1S/C25H22N2O2S/c1-17-13-18(11-12-23(17)29-2)14-24(28)26-21-10-6-9-20(15-21)22-16-30-25(27-22)19-7-4-3-5-8-19/h3-13,15-16H,14H2,1-2H3,(H,26,28). The second-order valence-electron chi connectivity index (χ2n) is 7.01. The van der Waals surface area contributed by atoms with Crippen molar-refractivity contribution in [2.75, 3.05) is 12.4 Å². The summed E-state index contributed by atoms with van der Waals surface area (Å²) in [7, 11) is 1.65. The number of carbonyl (C=O) groups excluding carboxylic acids is 1. The summed E-state index contributed by atoms with van der Waals surface area (Å²) < 4.78 is 5.28. The first kappa shape index (κ1) is 19.9. The second-order valence-corrected chi connectivity index (χ2v) is 7.87. The summed E-state index contributed by atoms with van der Waals surface area (Å²) in [6.07, 6.45) is 0.309. The molecule has 3 aromatic carbocycles. The average Bonchev–Trinajstić information content (AvgIpc) is 3.25. The molecule has 1 N–H and O–H groups in total. The van der Waals surface area contributed by atoms with E-state index in [0.29, 0.717) is 6.42 Å². The SMILES string of the molecule is COc1ccc(CC(=O)Nc2cccc(-c3csc(-c4ccccc4)n3)c2)cc1C. The molecular weight excluding hydrogens is 392 g/mol. The molecule has 0 saturated carbocycles. The van der Waals surface area contributed by atoms with E-state index in [0.717, 1.165) is 44.4 Å². The summed E-state index contributed by atoms with van der Waals surface area (Å²) in [6, 6.07) is 23.7. The van der Waals surface area contributed by atoms with Gasteiger partial charge in [0.05, 0.1) is 19.2 Å². The number of hydrogen-bond donors (Lipinski definition) is 1. The smallest absolute Gasteiger partial charge is 0.228 e. The molecule has 4 rings (SSSR count). The van der Waals surface area contributed by atoms with E-state index in [2.05, 4.69) is 17.4 Å². The molecule has 30 heavy (non-hydrogen) atoms. The van der Waals surface area contributed by atoms with Crippen LogP contribution in [-0.2, 0) is 11.2 Å². The number of nitrogens with one attached hydrogen (secondary N) is 1. The summed E-state index contributed by atoms with van der Waals surface area (Å²) in [5, 5.41) is 6.02. The van der Waals surface area contributed by atoms with E-state index in [-0.39, 0.29) is 5.91 Å². The number of ether oxygens (including phenoxy) is 1. The van der Waals surface area contributed by atoms with Crippen molar-refractivity contribution in [1.29, 1.82) is 0 Å². The first-order chi connectivity index (χ1) is 14.6. The van der Waals surface area contributed by atoms with E-state index >= 15 is 0 Å². The van der Waals surface area contributed by atoms with E-state index < -0.39 is 0 Å². The molecule has 150 valence electrons. The third-order valence-electron chi connectivity index (χ3n) is 4.79. The zero-order valence-corrected chi connectivity index (χ0v) is 17.7. The van der Waals surface area contributed by atoms with Gasteiger partial charge in [-0.3, -0.25) is 4.79 Å². The lowest BCUT2D eigenvalue weighted by molar-refractivity contribution is -0.115. The van der Waals surface area contributed by atoms with Crippen molar-refractivity contribution in [2.24, 2.45) is 0 Å². The predicted molar refractivity (Wildman–Crippen MR) is 123 cm³/mol. The maximum atomic E-state index is 12.5. The number of thiazole rings is 1. The molecule has 4 nitrogen and oxygen atoms in total. The number of anilines is 1. The molecule has 5 heteroatoms. The molecule has 0 aliphatic heterocycles. The number of carbonyl (C=O) groups is 1. The third-order valence-corrected chi connectivity index (χ3v) is 5.68. The Bertz CT molecular complexity index is 1170. The van der Waals surface area contributed by atoms with E-state index in [4.69, 9.17) is 9.72 Å². The zero-order valence-electron chi connectivity index (χ0n) is 16.9. The fourth-order valence-electron chi connectivity index (χ4n) is 3.32. The lowest BCUT2D eigenvalue weighted by Crippen LogP contribution is -2.14. The Morgan fingerprint density at radius 3 is 2.57 bits per heavy atom. The third kappa shape index (κ3) is 4.58. The van der Waals surface area contributed by atoms with Crippen LogP contribution < -0.4 is 10.1 Å². The molecule has 4 aromatic rings. The van der Waals surface area contributed by atoms with Crippen LogP contribution in [0.1, 0.15) is 11.1 Å². The maximum Gasteiger partial charge on any atom is 0.228 e. The van der Waals surface area contributed by atoms with Crippen LogP contribution in [0, 0.1) is 6.92 Å². The lowest BCUT2D eigenvalue weighted by Gasteiger charge is -2.09. The van der Waals surface area contributed by atoms with Crippen LogP contribution in [0.25, 0.3) is 21.8 Å². The van der Waals surface area contributed by atoms with Crippen LogP contribution in [0.2, 0.25) is 0 Å². The minimum absolute atomic E-state index is 0.0556. The number of aromatic nitrogens is 1. The summed E-state index contributed by atoms with van der Waals surface area (Å²) in [4.78, 5) is 17.3. The van der Waals surface area contributed by atoms with Gasteiger partial charge in [0.2, 0.25) is 5.91 Å². The van der Waals surface area contributed by atoms with E-state index in [1.165, 1.54) is 0 Å². The number of hydrogen-bond acceptors (Lipinski definition) is 4. The molecule has 0 saturated heterocycles. The quantitative estimate of drug-likeness (QED) is 0.422. The highest BCUT2D eigenvalue weighted by molar-refractivity contribution is 7.13. The molecule has 0 aliphatic rings. The predicted octanol–water partition coefficient (Wildman–Crippen LogP) is 5.98. The van der Waals surface area contributed by atoms with Crippen LogP contribution in [0.3, 0.4) is 0 Å². The number of nitrogens with zero attached hydrogens (tertiary/aromatic N) is 1. The fraction of sp³-hybridized carbons (Fsp3) is 0.120. The highest BCUT2D eigenvalue weighted by Gasteiger charge is 2.10. The highest BCUT2D eigenvalue weighted by atomic mass is 32.1. The van der Waals surface area contributed by atoms with Crippen LogP contribution in [0.15, 0.2) is 78.2 Å². The monoisotopic (exact) mass is 414 g/mol.